The van der Waals surface area contributed by atoms with E-state index in [2.05, 4.69) is 23.4 Å². The lowest BCUT2D eigenvalue weighted by Gasteiger charge is -2.37. The van der Waals surface area contributed by atoms with Crippen LogP contribution in [-0.4, -0.2) is 48.9 Å². The van der Waals surface area contributed by atoms with Crippen molar-refractivity contribution in [1.29, 1.82) is 0 Å². The summed E-state index contributed by atoms with van der Waals surface area (Å²) in [5.74, 6) is 0.726. The van der Waals surface area contributed by atoms with E-state index < -0.39 is 0 Å². The standard InChI is InChI=1S/C16H27N3OS/c1-18(15-6-4-3-5-14(15)9-17)11-16(20)19(2)10-13-7-8-21-12-13/h7-8,12,14-15H,3-6,9-11,17H2,1-2H3. The summed E-state index contributed by atoms with van der Waals surface area (Å²) in [7, 11) is 3.95. The summed E-state index contributed by atoms with van der Waals surface area (Å²) in [5.41, 5.74) is 7.10. The van der Waals surface area contributed by atoms with Crippen LogP contribution in [0.15, 0.2) is 16.8 Å². The van der Waals surface area contributed by atoms with Crippen LogP contribution in [-0.2, 0) is 11.3 Å². The minimum atomic E-state index is 0.185. The quantitative estimate of drug-likeness (QED) is 0.876. The smallest absolute Gasteiger partial charge is 0.236 e. The predicted molar refractivity (Wildman–Crippen MR) is 88.2 cm³/mol. The molecule has 1 saturated carbocycles. The normalized spacial score (nSPS) is 22.5. The molecule has 1 aliphatic carbocycles. The third-order valence-electron chi connectivity index (χ3n) is 4.55. The Hall–Kier alpha value is -0.910. The number of thiophene rings is 1. The van der Waals surface area contributed by atoms with Crippen molar-refractivity contribution in [2.75, 3.05) is 27.2 Å². The first-order valence-corrected chi connectivity index (χ1v) is 8.71. The lowest BCUT2D eigenvalue weighted by Crippen LogP contribution is -2.47. The molecule has 2 atom stereocenters. The lowest BCUT2D eigenvalue weighted by atomic mass is 9.84. The zero-order valence-electron chi connectivity index (χ0n) is 13.1. The van der Waals surface area contributed by atoms with Gasteiger partial charge in [-0.15, -0.1) is 0 Å². The van der Waals surface area contributed by atoms with Gasteiger partial charge in [0.15, 0.2) is 0 Å². The number of hydrogen-bond acceptors (Lipinski definition) is 4. The minimum Gasteiger partial charge on any atom is -0.340 e. The summed E-state index contributed by atoms with van der Waals surface area (Å²) >= 11 is 1.67. The van der Waals surface area contributed by atoms with Crippen LogP contribution in [0.1, 0.15) is 31.2 Å². The Kier molecular flexibility index (Phi) is 6.21. The van der Waals surface area contributed by atoms with Gasteiger partial charge in [0, 0.05) is 19.6 Å². The van der Waals surface area contributed by atoms with Gasteiger partial charge in [0.1, 0.15) is 0 Å². The predicted octanol–water partition coefficient (Wildman–Crippen LogP) is 2.16. The van der Waals surface area contributed by atoms with E-state index in [1.54, 1.807) is 11.3 Å². The van der Waals surface area contributed by atoms with Crippen LogP contribution in [0.25, 0.3) is 0 Å². The summed E-state index contributed by atoms with van der Waals surface area (Å²) in [5, 5.41) is 4.15. The monoisotopic (exact) mass is 309 g/mol. The van der Waals surface area contributed by atoms with Crippen LogP contribution in [0.5, 0.6) is 0 Å². The van der Waals surface area contributed by atoms with Crippen molar-refractivity contribution in [2.45, 2.75) is 38.3 Å². The summed E-state index contributed by atoms with van der Waals surface area (Å²) in [6.45, 7) is 1.91. The second kappa shape index (κ2) is 7.92. The first-order chi connectivity index (χ1) is 10.1. The van der Waals surface area contributed by atoms with Gasteiger partial charge in [0.25, 0.3) is 0 Å². The molecule has 0 aliphatic heterocycles. The number of nitrogens with two attached hydrogens (primary N) is 1. The average Bonchev–Trinajstić information content (AvgIpc) is 2.99. The average molecular weight is 309 g/mol. The fraction of sp³-hybridized carbons (Fsp3) is 0.688. The number of rotatable bonds is 6. The molecule has 1 amide bonds. The van der Waals surface area contributed by atoms with Crippen molar-refractivity contribution in [1.82, 2.24) is 9.80 Å². The molecule has 1 heterocycles. The molecule has 1 aromatic heterocycles. The molecule has 2 N–H and O–H groups in total. The van der Waals surface area contributed by atoms with Crippen LogP contribution >= 0.6 is 11.3 Å². The van der Waals surface area contributed by atoms with Gasteiger partial charge in [-0.25, -0.2) is 0 Å². The van der Waals surface area contributed by atoms with Crippen molar-refractivity contribution in [3.05, 3.63) is 22.4 Å². The van der Waals surface area contributed by atoms with E-state index in [-0.39, 0.29) is 5.91 Å². The Labute approximate surface area is 131 Å². The van der Waals surface area contributed by atoms with Crippen LogP contribution in [0.2, 0.25) is 0 Å². The molecule has 0 radical (unpaired) electrons. The van der Waals surface area contributed by atoms with Crippen molar-refractivity contribution < 1.29 is 4.79 Å². The fourth-order valence-electron chi connectivity index (χ4n) is 3.24. The van der Waals surface area contributed by atoms with Crippen molar-refractivity contribution >= 4 is 17.2 Å². The van der Waals surface area contributed by atoms with Gasteiger partial charge < -0.3 is 10.6 Å². The highest BCUT2D eigenvalue weighted by atomic mass is 32.1. The number of amides is 1. The van der Waals surface area contributed by atoms with Gasteiger partial charge in [0.2, 0.25) is 5.91 Å². The molecule has 2 unspecified atom stereocenters. The fourth-order valence-corrected chi connectivity index (χ4v) is 3.90. The van der Waals surface area contributed by atoms with Gasteiger partial charge >= 0.3 is 0 Å². The molecule has 0 bridgehead atoms. The summed E-state index contributed by atoms with van der Waals surface area (Å²) in [6, 6.07) is 2.53. The molecule has 1 fully saturated rings. The maximum absolute atomic E-state index is 12.4. The highest BCUT2D eigenvalue weighted by Gasteiger charge is 2.28. The molecule has 0 spiro atoms. The Balaban J connectivity index is 1.85. The lowest BCUT2D eigenvalue weighted by molar-refractivity contribution is -0.132. The molecule has 0 saturated heterocycles. The SMILES string of the molecule is CN(Cc1ccsc1)C(=O)CN(C)C1CCCCC1CN. The first-order valence-electron chi connectivity index (χ1n) is 7.77. The number of hydrogen-bond donors (Lipinski definition) is 1. The van der Waals surface area contributed by atoms with E-state index in [0.717, 1.165) is 6.54 Å². The molecular weight excluding hydrogens is 282 g/mol. The summed E-state index contributed by atoms with van der Waals surface area (Å²) in [6.07, 6.45) is 4.90. The third kappa shape index (κ3) is 4.53. The molecule has 0 aromatic carbocycles. The van der Waals surface area contributed by atoms with Gasteiger partial charge in [0.05, 0.1) is 6.54 Å². The van der Waals surface area contributed by atoms with E-state index in [1.165, 1.54) is 31.2 Å². The highest BCUT2D eigenvalue weighted by Crippen LogP contribution is 2.27. The van der Waals surface area contributed by atoms with Crippen LogP contribution in [0.4, 0.5) is 0 Å². The third-order valence-corrected chi connectivity index (χ3v) is 5.28. The van der Waals surface area contributed by atoms with E-state index in [0.29, 0.717) is 25.0 Å². The number of likely N-dealkylation sites (N-methyl/N-ethyl adjacent to an activating group) is 2. The molecule has 1 aromatic rings. The molecule has 1 aliphatic rings. The molecule has 21 heavy (non-hydrogen) atoms. The zero-order chi connectivity index (χ0) is 15.2. The van der Waals surface area contributed by atoms with E-state index in [9.17, 15) is 4.79 Å². The molecule has 118 valence electrons. The van der Waals surface area contributed by atoms with Crippen molar-refractivity contribution in [2.24, 2.45) is 11.7 Å². The largest absolute Gasteiger partial charge is 0.340 e. The van der Waals surface area contributed by atoms with Gasteiger partial charge in [-0.1, -0.05) is 12.8 Å². The number of nitrogens with zero attached hydrogens (tertiary/aromatic N) is 2. The Morgan fingerprint density at radius 3 is 2.81 bits per heavy atom. The number of carbonyl (C=O) groups excluding carboxylic acids is 1. The van der Waals surface area contributed by atoms with Gasteiger partial charge in [-0.2, -0.15) is 11.3 Å². The van der Waals surface area contributed by atoms with Crippen LogP contribution in [0.3, 0.4) is 0 Å². The van der Waals surface area contributed by atoms with Crippen LogP contribution in [0, 0.1) is 5.92 Å². The minimum absolute atomic E-state index is 0.185. The second-order valence-corrected chi connectivity index (χ2v) is 6.92. The van der Waals surface area contributed by atoms with Crippen molar-refractivity contribution in [3.8, 4) is 0 Å². The van der Waals surface area contributed by atoms with E-state index in [1.807, 2.05) is 17.3 Å². The Morgan fingerprint density at radius 2 is 2.14 bits per heavy atom. The molecule has 4 nitrogen and oxygen atoms in total. The number of carbonyl (C=O) groups is 1. The van der Waals surface area contributed by atoms with Crippen molar-refractivity contribution in [3.63, 3.8) is 0 Å². The van der Waals surface area contributed by atoms with E-state index >= 15 is 0 Å². The Bertz CT molecular complexity index is 435. The molecule has 2 rings (SSSR count). The van der Waals surface area contributed by atoms with Gasteiger partial charge in [-0.05, 0) is 54.7 Å². The Morgan fingerprint density at radius 1 is 1.38 bits per heavy atom. The maximum Gasteiger partial charge on any atom is 0.236 e. The van der Waals surface area contributed by atoms with Gasteiger partial charge in [-0.3, -0.25) is 9.69 Å². The first kappa shape index (κ1) is 16.5. The second-order valence-electron chi connectivity index (χ2n) is 6.14. The van der Waals surface area contributed by atoms with Crippen LogP contribution < -0.4 is 5.73 Å². The zero-order valence-corrected chi connectivity index (χ0v) is 13.9. The highest BCUT2D eigenvalue weighted by molar-refractivity contribution is 7.07. The maximum atomic E-state index is 12.4. The summed E-state index contributed by atoms with van der Waals surface area (Å²) in [4.78, 5) is 16.4. The topological polar surface area (TPSA) is 49.6 Å². The summed E-state index contributed by atoms with van der Waals surface area (Å²) < 4.78 is 0. The molecular formula is C16H27N3OS. The molecule has 5 heteroatoms. The van der Waals surface area contributed by atoms with E-state index in [4.69, 9.17) is 5.73 Å².